The topological polar surface area (TPSA) is 58.6 Å². The second kappa shape index (κ2) is 8.67. The van der Waals surface area contributed by atoms with Gasteiger partial charge in [0.2, 0.25) is 0 Å². The predicted octanol–water partition coefficient (Wildman–Crippen LogP) is 2.57. The molecule has 0 spiro atoms. The number of carboxylic acids is 1. The molecule has 2 N–H and O–H groups in total. The monoisotopic (exact) mass is 265 g/mol. The highest BCUT2D eigenvalue weighted by Gasteiger charge is 2.15. The van der Waals surface area contributed by atoms with Crippen LogP contribution in [0.3, 0.4) is 0 Å². The molecule has 0 amide bonds. The molecule has 1 aromatic rings. The minimum atomic E-state index is -0.776. The molecule has 4 heteroatoms. The number of rotatable bonds is 9. The van der Waals surface area contributed by atoms with Gasteiger partial charge in [-0.15, -0.1) is 0 Å². The van der Waals surface area contributed by atoms with Crippen LogP contribution in [-0.4, -0.2) is 24.2 Å². The molecule has 0 aliphatic rings. The minimum absolute atomic E-state index is 0.467. The SMILES string of the molecule is CCCCC(NCc1cccc(COC)c1)C(=O)O. The van der Waals surface area contributed by atoms with Crippen LogP contribution in [0.1, 0.15) is 37.3 Å². The van der Waals surface area contributed by atoms with E-state index in [0.717, 1.165) is 24.0 Å². The van der Waals surface area contributed by atoms with Crippen LogP contribution in [0, 0.1) is 0 Å². The first-order valence-electron chi connectivity index (χ1n) is 6.70. The summed E-state index contributed by atoms with van der Waals surface area (Å²) in [7, 11) is 1.66. The van der Waals surface area contributed by atoms with Gasteiger partial charge in [-0.3, -0.25) is 4.79 Å². The number of unbranched alkanes of at least 4 members (excludes halogenated alkanes) is 1. The van der Waals surface area contributed by atoms with Crippen molar-refractivity contribution in [2.75, 3.05) is 7.11 Å². The lowest BCUT2D eigenvalue weighted by molar-refractivity contribution is -0.139. The summed E-state index contributed by atoms with van der Waals surface area (Å²) in [5, 5.41) is 12.2. The fraction of sp³-hybridized carbons (Fsp3) is 0.533. The summed E-state index contributed by atoms with van der Waals surface area (Å²) < 4.78 is 5.09. The van der Waals surface area contributed by atoms with E-state index in [9.17, 15) is 4.79 Å². The van der Waals surface area contributed by atoms with Crippen LogP contribution in [0.25, 0.3) is 0 Å². The molecule has 0 saturated heterocycles. The molecule has 1 aromatic carbocycles. The van der Waals surface area contributed by atoms with E-state index in [4.69, 9.17) is 9.84 Å². The fourth-order valence-corrected chi connectivity index (χ4v) is 1.96. The molecule has 0 heterocycles. The van der Waals surface area contributed by atoms with Crippen LogP contribution >= 0.6 is 0 Å². The van der Waals surface area contributed by atoms with Crippen LogP contribution in [0.2, 0.25) is 0 Å². The van der Waals surface area contributed by atoms with E-state index in [-0.39, 0.29) is 0 Å². The van der Waals surface area contributed by atoms with Crippen molar-refractivity contribution in [2.24, 2.45) is 0 Å². The summed E-state index contributed by atoms with van der Waals surface area (Å²) in [6.07, 6.45) is 2.60. The van der Waals surface area contributed by atoms with E-state index in [1.165, 1.54) is 0 Å². The van der Waals surface area contributed by atoms with Crippen molar-refractivity contribution in [3.63, 3.8) is 0 Å². The van der Waals surface area contributed by atoms with Crippen LogP contribution in [0.15, 0.2) is 24.3 Å². The third kappa shape index (κ3) is 5.85. The summed E-state index contributed by atoms with van der Waals surface area (Å²) >= 11 is 0. The zero-order chi connectivity index (χ0) is 14.1. The van der Waals surface area contributed by atoms with Gasteiger partial charge in [-0.05, 0) is 17.5 Å². The van der Waals surface area contributed by atoms with E-state index in [1.54, 1.807) is 7.11 Å². The normalized spacial score (nSPS) is 12.3. The Morgan fingerprint density at radius 3 is 2.79 bits per heavy atom. The Balaban J connectivity index is 2.53. The molecular formula is C15H23NO3. The maximum absolute atomic E-state index is 11.1. The number of benzene rings is 1. The maximum atomic E-state index is 11.1. The van der Waals surface area contributed by atoms with Crippen molar-refractivity contribution in [1.82, 2.24) is 5.32 Å². The zero-order valence-corrected chi connectivity index (χ0v) is 11.7. The Morgan fingerprint density at radius 1 is 1.42 bits per heavy atom. The Bertz CT molecular complexity index is 393. The molecule has 4 nitrogen and oxygen atoms in total. The summed E-state index contributed by atoms with van der Waals surface area (Å²) in [5.74, 6) is -0.776. The molecule has 0 fully saturated rings. The third-order valence-electron chi connectivity index (χ3n) is 3.00. The maximum Gasteiger partial charge on any atom is 0.320 e. The molecule has 19 heavy (non-hydrogen) atoms. The van der Waals surface area contributed by atoms with E-state index in [1.807, 2.05) is 24.3 Å². The quantitative estimate of drug-likeness (QED) is 0.720. The van der Waals surface area contributed by atoms with Crippen molar-refractivity contribution >= 4 is 5.97 Å². The van der Waals surface area contributed by atoms with E-state index in [0.29, 0.717) is 19.6 Å². The average Bonchev–Trinajstić information content (AvgIpc) is 2.39. The highest BCUT2D eigenvalue weighted by atomic mass is 16.5. The van der Waals surface area contributed by atoms with Crippen LogP contribution in [0.4, 0.5) is 0 Å². The number of ether oxygens (including phenoxy) is 1. The van der Waals surface area contributed by atoms with Gasteiger partial charge in [-0.25, -0.2) is 0 Å². The van der Waals surface area contributed by atoms with E-state index in [2.05, 4.69) is 12.2 Å². The number of methoxy groups -OCH3 is 1. The molecule has 0 aliphatic heterocycles. The van der Waals surface area contributed by atoms with Gasteiger partial charge in [-0.2, -0.15) is 0 Å². The van der Waals surface area contributed by atoms with Crippen molar-refractivity contribution in [1.29, 1.82) is 0 Å². The molecule has 0 aliphatic carbocycles. The van der Waals surface area contributed by atoms with Crippen molar-refractivity contribution in [3.8, 4) is 0 Å². The van der Waals surface area contributed by atoms with Gasteiger partial charge >= 0.3 is 5.97 Å². The first-order chi connectivity index (χ1) is 9.17. The predicted molar refractivity (Wildman–Crippen MR) is 74.9 cm³/mol. The van der Waals surface area contributed by atoms with Crippen LogP contribution in [-0.2, 0) is 22.7 Å². The molecule has 1 rings (SSSR count). The number of carbonyl (C=O) groups is 1. The van der Waals surface area contributed by atoms with Gasteiger partial charge in [-0.1, -0.05) is 44.0 Å². The first-order valence-corrected chi connectivity index (χ1v) is 6.70. The second-order valence-electron chi connectivity index (χ2n) is 4.67. The molecule has 106 valence electrons. The van der Waals surface area contributed by atoms with E-state index >= 15 is 0 Å². The lowest BCUT2D eigenvalue weighted by Gasteiger charge is -2.14. The number of hydrogen-bond donors (Lipinski definition) is 2. The number of hydrogen-bond acceptors (Lipinski definition) is 3. The highest BCUT2D eigenvalue weighted by Crippen LogP contribution is 2.08. The van der Waals surface area contributed by atoms with Crippen molar-refractivity contribution in [2.45, 2.75) is 45.4 Å². The van der Waals surface area contributed by atoms with Crippen molar-refractivity contribution in [3.05, 3.63) is 35.4 Å². The van der Waals surface area contributed by atoms with Gasteiger partial charge in [0.05, 0.1) is 6.61 Å². The Hall–Kier alpha value is -1.39. The van der Waals surface area contributed by atoms with Gasteiger partial charge in [0, 0.05) is 13.7 Å². The third-order valence-corrected chi connectivity index (χ3v) is 3.00. The molecular weight excluding hydrogens is 242 g/mol. The highest BCUT2D eigenvalue weighted by molar-refractivity contribution is 5.73. The fourth-order valence-electron chi connectivity index (χ4n) is 1.96. The lowest BCUT2D eigenvalue weighted by Crippen LogP contribution is -2.36. The van der Waals surface area contributed by atoms with Crippen LogP contribution in [0.5, 0.6) is 0 Å². The Labute approximate surface area is 114 Å². The number of nitrogens with one attached hydrogen (secondary N) is 1. The average molecular weight is 265 g/mol. The lowest BCUT2D eigenvalue weighted by atomic mass is 10.1. The molecule has 0 saturated carbocycles. The van der Waals surface area contributed by atoms with Crippen LogP contribution < -0.4 is 5.32 Å². The summed E-state index contributed by atoms with van der Waals surface area (Å²) in [6, 6.07) is 7.53. The Kier molecular flexibility index (Phi) is 7.15. The molecule has 1 atom stereocenters. The summed E-state index contributed by atoms with van der Waals surface area (Å²) in [5.41, 5.74) is 2.18. The molecule has 0 radical (unpaired) electrons. The molecule has 0 bridgehead atoms. The first kappa shape index (κ1) is 15.7. The van der Waals surface area contributed by atoms with Gasteiger partial charge in [0.1, 0.15) is 6.04 Å². The smallest absolute Gasteiger partial charge is 0.320 e. The largest absolute Gasteiger partial charge is 0.480 e. The summed E-state index contributed by atoms with van der Waals surface area (Å²) in [6.45, 7) is 3.21. The van der Waals surface area contributed by atoms with Gasteiger partial charge in [0.25, 0.3) is 0 Å². The standard InChI is InChI=1S/C15H23NO3/c1-3-4-8-14(15(17)18)16-10-12-6-5-7-13(9-12)11-19-2/h5-7,9,14,16H,3-4,8,10-11H2,1-2H3,(H,17,18). The molecule has 1 unspecified atom stereocenters. The Morgan fingerprint density at radius 2 is 2.16 bits per heavy atom. The minimum Gasteiger partial charge on any atom is -0.480 e. The molecule has 0 aromatic heterocycles. The number of carboxylic acid groups (broad SMARTS) is 1. The van der Waals surface area contributed by atoms with Crippen molar-refractivity contribution < 1.29 is 14.6 Å². The second-order valence-corrected chi connectivity index (χ2v) is 4.67. The summed E-state index contributed by atoms with van der Waals surface area (Å²) in [4.78, 5) is 11.1. The van der Waals surface area contributed by atoms with Gasteiger partial charge in [0.15, 0.2) is 0 Å². The van der Waals surface area contributed by atoms with E-state index < -0.39 is 12.0 Å². The zero-order valence-electron chi connectivity index (χ0n) is 11.7. The van der Waals surface area contributed by atoms with Gasteiger partial charge < -0.3 is 15.2 Å². The number of aliphatic carboxylic acids is 1.